The molecule has 1 amide bonds. The highest BCUT2D eigenvalue weighted by molar-refractivity contribution is 6.30. The summed E-state index contributed by atoms with van der Waals surface area (Å²) in [6.45, 7) is 1.44. The van der Waals surface area contributed by atoms with E-state index in [0.29, 0.717) is 17.1 Å². The molecule has 3 aliphatic carbocycles. The first-order valence-electron chi connectivity index (χ1n) is 15.7. The zero-order valence-electron chi connectivity index (χ0n) is 26.2. The van der Waals surface area contributed by atoms with E-state index in [2.05, 4.69) is 5.32 Å². The van der Waals surface area contributed by atoms with E-state index < -0.39 is 64.7 Å². The van der Waals surface area contributed by atoms with Gasteiger partial charge in [-0.05, 0) is 91.8 Å². The summed E-state index contributed by atoms with van der Waals surface area (Å²) in [5.74, 6) is -9.21. The number of amides is 1. The van der Waals surface area contributed by atoms with Crippen LogP contribution in [0.3, 0.4) is 0 Å². The number of aliphatic hydroxyl groups excluding tert-OH is 1. The van der Waals surface area contributed by atoms with Gasteiger partial charge in [0.05, 0.1) is 17.6 Å². The fraction of sp³-hybridized carbons (Fsp3) is 0.389. The molecule has 6 N–H and O–H groups in total. The number of benzene rings is 3. The second-order valence-corrected chi connectivity index (χ2v) is 13.6. The highest BCUT2D eigenvalue weighted by Gasteiger charge is 2.69. The van der Waals surface area contributed by atoms with Gasteiger partial charge in [-0.3, -0.25) is 19.2 Å². The summed E-state index contributed by atoms with van der Waals surface area (Å²) in [6, 6.07) is 17.9. The van der Waals surface area contributed by atoms with E-state index >= 15 is 0 Å². The molecule has 0 radical (unpaired) electrons. The van der Waals surface area contributed by atoms with Crippen molar-refractivity contribution >= 4 is 34.9 Å². The Kier molecular flexibility index (Phi) is 8.84. The minimum Gasteiger partial charge on any atom is -0.507 e. The summed E-state index contributed by atoms with van der Waals surface area (Å²) < 4.78 is 0. The first-order chi connectivity index (χ1) is 22.3. The number of halogens is 1. The van der Waals surface area contributed by atoms with E-state index in [-0.39, 0.29) is 24.2 Å². The second kappa shape index (κ2) is 12.6. The molecule has 47 heavy (non-hydrogen) atoms. The summed E-state index contributed by atoms with van der Waals surface area (Å²) in [5, 5.41) is 37.9. The molecule has 0 aromatic heterocycles. The quantitative estimate of drug-likeness (QED) is 0.180. The number of fused-ring (bicyclic) bond motifs is 3. The van der Waals surface area contributed by atoms with E-state index in [4.69, 9.17) is 17.3 Å². The van der Waals surface area contributed by atoms with Crippen LogP contribution in [0.25, 0.3) is 11.1 Å². The first kappa shape index (κ1) is 33.0. The lowest BCUT2D eigenvalue weighted by Gasteiger charge is -2.54. The number of primary amides is 1. The Morgan fingerprint density at radius 1 is 1.00 bits per heavy atom. The molecule has 0 saturated heterocycles. The number of aliphatic hydroxyl groups is 2. The number of nitrogens with two attached hydrogens (primary N) is 1. The van der Waals surface area contributed by atoms with Gasteiger partial charge in [-0.15, -0.1) is 0 Å². The van der Waals surface area contributed by atoms with E-state index in [1.165, 1.54) is 11.6 Å². The van der Waals surface area contributed by atoms with Crippen molar-refractivity contribution in [1.29, 1.82) is 0 Å². The van der Waals surface area contributed by atoms with Crippen molar-refractivity contribution in [3.8, 4) is 16.9 Å². The largest absolute Gasteiger partial charge is 0.507 e. The van der Waals surface area contributed by atoms with Crippen LogP contribution in [0.15, 0.2) is 60.7 Å². The monoisotopic (exact) mass is 659 g/mol. The van der Waals surface area contributed by atoms with E-state index in [1.54, 1.807) is 25.1 Å². The number of phenolic OH excluding ortho intramolecular Hbond substituents is 1. The standard InChI is InChI=1S/C36H38ClN3O7/c1-40(2)30-25-16-21-15-24-23(20-7-3-19(4-8-20)17-39-14-13-18-5-9-22(37)10-6-18)11-12-26(41)28(24)31(42)27(21)33(44)36(25,47)34(45)29(32(30)43)35(38)46/h3-12,21,25,27,29-30,32,39,41,43,47H,13-17H2,1-2H3,(H2,38,46)/t21-,25-,27?,29?,30?,32?,36-/m1/s1. The van der Waals surface area contributed by atoms with E-state index in [9.17, 15) is 34.5 Å². The Hall–Kier alpha value is -3.93. The predicted octanol–water partition coefficient (Wildman–Crippen LogP) is 2.31. The van der Waals surface area contributed by atoms with Gasteiger partial charge in [-0.2, -0.15) is 0 Å². The molecule has 2 saturated carbocycles. The number of phenols is 1. The van der Waals surface area contributed by atoms with Gasteiger partial charge >= 0.3 is 0 Å². The lowest BCUT2D eigenvalue weighted by molar-refractivity contribution is -0.190. The SMILES string of the molecule is CN(C)C1C(O)C(C(N)=O)C(=O)[C@]2(O)C(=O)C3C(=O)c4c(O)ccc(-c5ccc(CNCCc6ccc(Cl)cc6)cc5)c4C[C@@H]3C[C@H]12. The van der Waals surface area contributed by atoms with Crippen LogP contribution in [-0.2, 0) is 33.8 Å². The molecular weight excluding hydrogens is 622 g/mol. The fourth-order valence-electron chi connectivity index (χ4n) is 8.01. The van der Waals surface area contributed by atoms with Crippen LogP contribution in [-0.4, -0.2) is 81.9 Å². The lowest BCUT2D eigenvalue weighted by Crippen LogP contribution is -2.75. The fourth-order valence-corrected chi connectivity index (χ4v) is 8.14. The summed E-state index contributed by atoms with van der Waals surface area (Å²) in [6.07, 6.45) is -0.391. The van der Waals surface area contributed by atoms with Crippen LogP contribution < -0.4 is 11.1 Å². The van der Waals surface area contributed by atoms with Gasteiger partial charge < -0.3 is 31.3 Å². The third-order valence-corrected chi connectivity index (χ3v) is 10.5. The van der Waals surface area contributed by atoms with Crippen LogP contribution in [0.5, 0.6) is 5.75 Å². The highest BCUT2D eigenvalue weighted by Crippen LogP contribution is 2.52. The molecule has 0 spiro atoms. The maximum atomic E-state index is 14.1. The summed E-state index contributed by atoms with van der Waals surface area (Å²) >= 11 is 5.97. The molecule has 0 bridgehead atoms. The number of aromatic hydroxyl groups is 1. The maximum Gasteiger partial charge on any atom is 0.230 e. The van der Waals surface area contributed by atoms with Gasteiger partial charge in [0, 0.05) is 23.5 Å². The Balaban J connectivity index is 1.26. The zero-order chi connectivity index (χ0) is 33.8. The number of hydrogen-bond donors (Lipinski definition) is 5. The Bertz CT molecular complexity index is 1740. The van der Waals surface area contributed by atoms with Crippen molar-refractivity contribution < 1.29 is 34.5 Å². The van der Waals surface area contributed by atoms with Crippen molar-refractivity contribution in [2.45, 2.75) is 43.6 Å². The van der Waals surface area contributed by atoms with Gasteiger partial charge in [-0.25, -0.2) is 0 Å². The molecule has 4 unspecified atom stereocenters. The molecule has 246 valence electrons. The summed E-state index contributed by atoms with van der Waals surface area (Å²) in [5.41, 5.74) is 7.16. The molecule has 3 aromatic carbocycles. The molecule has 3 aliphatic rings. The molecular formula is C36H38ClN3O7. The highest BCUT2D eigenvalue weighted by atomic mass is 35.5. The van der Waals surface area contributed by atoms with Crippen LogP contribution in [0.2, 0.25) is 5.02 Å². The average molecular weight is 660 g/mol. The number of likely N-dealkylation sites (N-methyl/N-ethyl adjacent to an activating group) is 1. The van der Waals surface area contributed by atoms with Crippen molar-refractivity contribution in [3.63, 3.8) is 0 Å². The van der Waals surface area contributed by atoms with Crippen molar-refractivity contribution in [2.75, 3.05) is 20.6 Å². The number of carbonyl (C=O) groups excluding carboxylic acids is 4. The number of carbonyl (C=O) groups is 4. The number of nitrogens with zero attached hydrogens (tertiary/aromatic N) is 1. The third-order valence-electron chi connectivity index (χ3n) is 10.3. The second-order valence-electron chi connectivity index (χ2n) is 13.2. The van der Waals surface area contributed by atoms with E-state index in [1.807, 2.05) is 48.5 Å². The van der Waals surface area contributed by atoms with E-state index in [0.717, 1.165) is 29.7 Å². The van der Waals surface area contributed by atoms with Crippen molar-refractivity contribution in [1.82, 2.24) is 10.2 Å². The molecule has 2 fully saturated rings. The van der Waals surface area contributed by atoms with Crippen molar-refractivity contribution in [2.24, 2.45) is 29.4 Å². The Morgan fingerprint density at radius 2 is 1.66 bits per heavy atom. The zero-order valence-corrected chi connectivity index (χ0v) is 26.9. The molecule has 11 heteroatoms. The van der Waals surface area contributed by atoms with Crippen LogP contribution >= 0.6 is 11.6 Å². The van der Waals surface area contributed by atoms with Crippen molar-refractivity contribution in [3.05, 3.63) is 87.9 Å². The van der Waals surface area contributed by atoms with Crippen LogP contribution in [0.1, 0.15) is 33.5 Å². The minimum atomic E-state index is -2.69. The smallest absolute Gasteiger partial charge is 0.230 e. The Morgan fingerprint density at radius 3 is 2.30 bits per heavy atom. The predicted molar refractivity (Wildman–Crippen MR) is 175 cm³/mol. The Labute approximate surface area is 277 Å². The van der Waals surface area contributed by atoms with Gasteiger partial charge in [0.25, 0.3) is 0 Å². The van der Waals surface area contributed by atoms with Gasteiger partial charge in [0.2, 0.25) is 5.91 Å². The number of nitrogens with one attached hydrogen (secondary N) is 1. The minimum absolute atomic E-state index is 0.00834. The van der Waals surface area contributed by atoms with Gasteiger partial charge in [0.1, 0.15) is 11.7 Å². The summed E-state index contributed by atoms with van der Waals surface area (Å²) in [7, 11) is 3.24. The third kappa shape index (κ3) is 5.58. The number of hydrogen-bond acceptors (Lipinski definition) is 9. The average Bonchev–Trinajstić information content (AvgIpc) is 3.02. The molecule has 0 heterocycles. The number of rotatable bonds is 8. The summed E-state index contributed by atoms with van der Waals surface area (Å²) in [4.78, 5) is 55.4. The molecule has 6 rings (SSSR count). The van der Waals surface area contributed by atoms with Crippen LogP contribution in [0.4, 0.5) is 0 Å². The topological polar surface area (TPSA) is 170 Å². The van der Waals surface area contributed by atoms with Gasteiger partial charge in [-0.1, -0.05) is 54.1 Å². The molecule has 3 aromatic rings. The molecule has 7 atom stereocenters. The van der Waals surface area contributed by atoms with Crippen LogP contribution in [0, 0.1) is 23.7 Å². The normalized spacial score (nSPS) is 28.5. The number of Topliss-reactive ketones (excluding diaryl/α,β-unsaturated/α-hetero) is 3. The van der Waals surface area contributed by atoms with Gasteiger partial charge in [0.15, 0.2) is 23.0 Å². The first-order valence-corrected chi connectivity index (χ1v) is 16.1. The maximum absolute atomic E-state index is 14.1. The number of ketones is 3. The lowest BCUT2D eigenvalue weighted by atomic mass is 9.52. The molecule has 10 nitrogen and oxygen atoms in total. The molecule has 0 aliphatic heterocycles.